The summed E-state index contributed by atoms with van der Waals surface area (Å²) in [5.41, 5.74) is 0.246. The molecule has 0 aliphatic rings. The fourth-order valence-electron chi connectivity index (χ4n) is 2.65. The zero-order valence-electron chi connectivity index (χ0n) is 16.9. The smallest absolute Gasteiger partial charge is 0.416 e. The first-order valence-electron chi connectivity index (χ1n) is 9.63. The number of alkyl halides is 3. The number of thioether (sulfide) groups is 1. The third-order valence-electron chi connectivity index (χ3n) is 4.49. The fraction of sp³-hybridized carbons (Fsp3) is 0.409. The molecule has 0 saturated heterocycles. The number of aliphatic carboxylic acids is 1. The molecule has 0 aliphatic carbocycles. The van der Waals surface area contributed by atoms with Gasteiger partial charge in [0.25, 0.3) is 0 Å². The zero-order chi connectivity index (χ0) is 22.1. The van der Waals surface area contributed by atoms with Crippen molar-refractivity contribution in [2.75, 3.05) is 19.0 Å². The maximum atomic E-state index is 12.6. The van der Waals surface area contributed by atoms with E-state index < -0.39 is 17.7 Å². The largest absolute Gasteiger partial charge is 0.493 e. The van der Waals surface area contributed by atoms with Crippen molar-refractivity contribution < 1.29 is 32.5 Å². The lowest BCUT2D eigenvalue weighted by molar-refractivity contribution is -0.139. The van der Waals surface area contributed by atoms with Crippen molar-refractivity contribution >= 4 is 17.7 Å². The lowest BCUT2D eigenvalue weighted by Crippen LogP contribution is -2.14. The number of aryl methyl sites for hydroxylation is 1. The molecule has 4 nitrogen and oxygen atoms in total. The molecule has 2 aromatic carbocycles. The Kier molecular flexibility index (Phi) is 8.89. The minimum absolute atomic E-state index is 0.227. The summed E-state index contributed by atoms with van der Waals surface area (Å²) in [7, 11) is 0. The predicted molar refractivity (Wildman–Crippen MR) is 110 cm³/mol. The zero-order valence-corrected chi connectivity index (χ0v) is 17.7. The van der Waals surface area contributed by atoms with Gasteiger partial charge in [-0.15, -0.1) is 11.8 Å². The van der Waals surface area contributed by atoms with Gasteiger partial charge in [-0.1, -0.05) is 13.8 Å². The van der Waals surface area contributed by atoms with Gasteiger partial charge >= 0.3 is 12.1 Å². The summed E-state index contributed by atoms with van der Waals surface area (Å²) in [6.45, 7) is 4.06. The van der Waals surface area contributed by atoms with E-state index in [9.17, 15) is 18.0 Å². The van der Waals surface area contributed by atoms with E-state index in [1.165, 1.54) is 12.1 Å². The second-order valence-corrected chi connectivity index (χ2v) is 7.82. The van der Waals surface area contributed by atoms with Crippen molar-refractivity contribution in [3.05, 3.63) is 53.6 Å². The lowest BCUT2D eigenvalue weighted by atomic mass is 10.1. The van der Waals surface area contributed by atoms with Crippen molar-refractivity contribution in [2.45, 2.75) is 37.8 Å². The molecule has 2 aromatic rings. The van der Waals surface area contributed by atoms with Crippen LogP contribution in [0.5, 0.6) is 11.5 Å². The number of ether oxygens (including phenoxy) is 2. The standard InChI is InChI=1S/C22H25F3O4S/c1-3-15(12-28-18-7-5-17(6-8-18)22(23,24)25)14-30-19-9-10-20(16(4-2)11-19)29-13-21(26)27/h5-11,15H,3-4,12-14H2,1-2H3,(H,26,27). The Morgan fingerprint density at radius 1 is 1.10 bits per heavy atom. The molecule has 30 heavy (non-hydrogen) atoms. The number of carboxylic acid groups (broad SMARTS) is 1. The topological polar surface area (TPSA) is 55.8 Å². The average Bonchev–Trinajstić information content (AvgIpc) is 2.72. The van der Waals surface area contributed by atoms with E-state index >= 15 is 0 Å². The van der Waals surface area contributed by atoms with Gasteiger partial charge < -0.3 is 14.6 Å². The minimum atomic E-state index is -4.35. The number of halogens is 3. The Bertz CT molecular complexity index is 822. The summed E-state index contributed by atoms with van der Waals surface area (Å²) in [4.78, 5) is 11.7. The molecule has 0 aromatic heterocycles. The molecule has 0 amide bonds. The Morgan fingerprint density at radius 3 is 2.37 bits per heavy atom. The molecule has 1 N–H and O–H groups in total. The number of carboxylic acids is 1. The molecule has 0 heterocycles. The molecule has 0 radical (unpaired) electrons. The van der Waals surface area contributed by atoms with Crippen LogP contribution in [0.4, 0.5) is 13.2 Å². The molecule has 8 heteroatoms. The SMILES string of the molecule is CCc1cc(SCC(CC)COc2ccc(C(F)(F)F)cc2)ccc1OCC(=O)O. The minimum Gasteiger partial charge on any atom is -0.493 e. The van der Waals surface area contributed by atoms with Crippen molar-refractivity contribution in [3.63, 3.8) is 0 Å². The van der Waals surface area contributed by atoms with Gasteiger partial charge in [0.2, 0.25) is 0 Å². The van der Waals surface area contributed by atoms with E-state index in [1.54, 1.807) is 17.8 Å². The monoisotopic (exact) mass is 442 g/mol. The van der Waals surface area contributed by atoms with E-state index in [1.807, 2.05) is 26.0 Å². The van der Waals surface area contributed by atoms with Gasteiger partial charge in [-0.3, -0.25) is 0 Å². The first-order valence-corrected chi connectivity index (χ1v) is 10.6. The van der Waals surface area contributed by atoms with E-state index in [-0.39, 0.29) is 12.5 Å². The van der Waals surface area contributed by atoms with Crippen LogP contribution in [0.2, 0.25) is 0 Å². The van der Waals surface area contributed by atoms with E-state index in [4.69, 9.17) is 14.6 Å². The molecule has 0 fully saturated rings. The van der Waals surface area contributed by atoms with Gasteiger partial charge in [0.1, 0.15) is 11.5 Å². The Morgan fingerprint density at radius 2 is 1.80 bits per heavy atom. The number of hydrogen-bond donors (Lipinski definition) is 1. The van der Waals surface area contributed by atoms with Crippen molar-refractivity contribution in [3.8, 4) is 11.5 Å². The summed E-state index contributed by atoms with van der Waals surface area (Å²) in [6, 6.07) is 10.4. The Labute approximate surface area is 178 Å². The summed E-state index contributed by atoms with van der Waals surface area (Å²) in [6.07, 6.45) is -2.77. The lowest BCUT2D eigenvalue weighted by Gasteiger charge is -2.17. The number of benzene rings is 2. The van der Waals surface area contributed by atoms with E-state index in [0.29, 0.717) is 18.1 Å². The molecule has 1 atom stereocenters. The van der Waals surface area contributed by atoms with Crippen molar-refractivity contribution in [1.29, 1.82) is 0 Å². The number of hydrogen-bond acceptors (Lipinski definition) is 4. The van der Waals surface area contributed by atoms with Gasteiger partial charge in [0.15, 0.2) is 6.61 Å². The second-order valence-electron chi connectivity index (χ2n) is 6.72. The van der Waals surface area contributed by atoms with Crippen LogP contribution in [0, 0.1) is 5.92 Å². The predicted octanol–water partition coefficient (Wildman–Crippen LogP) is 5.93. The summed E-state index contributed by atoms with van der Waals surface area (Å²) >= 11 is 1.66. The molecular weight excluding hydrogens is 417 g/mol. The number of rotatable bonds is 11. The Hall–Kier alpha value is -2.35. The van der Waals surface area contributed by atoms with Crippen LogP contribution in [0.25, 0.3) is 0 Å². The highest BCUT2D eigenvalue weighted by atomic mass is 32.2. The van der Waals surface area contributed by atoms with Gasteiger partial charge in [-0.25, -0.2) is 4.79 Å². The molecule has 164 valence electrons. The summed E-state index contributed by atoms with van der Waals surface area (Å²) in [5, 5.41) is 8.76. The van der Waals surface area contributed by atoms with Crippen LogP contribution in [0.15, 0.2) is 47.4 Å². The van der Waals surface area contributed by atoms with E-state index in [2.05, 4.69) is 0 Å². The van der Waals surface area contributed by atoms with Crippen LogP contribution < -0.4 is 9.47 Å². The second kappa shape index (κ2) is 11.2. The first kappa shape index (κ1) is 23.9. The third kappa shape index (κ3) is 7.48. The highest BCUT2D eigenvalue weighted by Gasteiger charge is 2.30. The van der Waals surface area contributed by atoms with Gasteiger partial charge in [-0.05, 0) is 60.9 Å². The van der Waals surface area contributed by atoms with Crippen LogP contribution in [0.3, 0.4) is 0 Å². The van der Waals surface area contributed by atoms with Gasteiger partial charge in [0.05, 0.1) is 12.2 Å². The third-order valence-corrected chi connectivity index (χ3v) is 5.72. The molecule has 1 unspecified atom stereocenters. The van der Waals surface area contributed by atoms with Gasteiger partial charge in [-0.2, -0.15) is 13.2 Å². The quantitative estimate of drug-likeness (QED) is 0.437. The summed E-state index contributed by atoms with van der Waals surface area (Å²) in [5.74, 6) is 0.983. The van der Waals surface area contributed by atoms with Crippen LogP contribution >= 0.6 is 11.8 Å². The fourth-order valence-corrected chi connectivity index (χ4v) is 3.80. The van der Waals surface area contributed by atoms with Crippen LogP contribution in [-0.2, 0) is 17.4 Å². The highest BCUT2D eigenvalue weighted by molar-refractivity contribution is 7.99. The number of carbonyl (C=O) groups is 1. The molecule has 2 rings (SSSR count). The van der Waals surface area contributed by atoms with Crippen LogP contribution in [0.1, 0.15) is 31.4 Å². The molecular formula is C22H25F3O4S. The molecule has 0 saturated carbocycles. The van der Waals surface area contributed by atoms with Crippen molar-refractivity contribution in [2.24, 2.45) is 5.92 Å². The molecule has 0 aliphatic heterocycles. The van der Waals surface area contributed by atoms with Crippen molar-refractivity contribution in [1.82, 2.24) is 0 Å². The maximum Gasteiger partial charge on any atom is 0.416 e. The average molecular weight is 442 g/mol. The first-order chi connectivity index (χ1) is 14.2. The Balaban J connectivity index is 1.89. The highest BCUT2D eigenvalue weighted by Crippen LogP contribution is 2.31. The van der Waals surface area contributed by atoms with E-state index in [0.717, 1.165) is 41.2 Å². The maximum absolute atomic E-state index is 12.6. The normalized spacial score (nSPS) is 12.4. The molecule has 0 spiro atoms. The van der Waals surface area contributed by atoms with Gasteiger partial charge in [0, 0.05) is 16.6 Å². The summed E-state index contributed by atoms with van der Waals surface area (Å²) < 4.78 is 48.9. The van der Waals surface area contributed by atoms with Crippen LogP contribution in [-0.4, -0.2) is 30.0 Å². The molecule has 0 bridgehead atoms.